The number of anilines is 1. The van der Waals surface area contributed by atoms with Crippen molar-refractivity contribution in [3.8, 4) is 5.69 Å². The van der Waals surface area contributed by atoms with Crippen molar-refractivity contribution in [2.75, 3.05) is 11.5 Å². The normalized spacial score (nSPS) is 22.0. The van der Waals surface area contributed by atoms with E-state index in [0.717, 1.165) is 5.56 Å². The first-order chi connectivity index (χ1) is 11.1. The molecule has 1 aromatic heterocycles. The van der Waals surface area contributed by atoms with Crippen molar-refractivity contribution in [2.24, 2.45) is 0 Å². The monoisotopic (exact) mass is 316 g/mol. The third-order valence-corrected chi connectivity index (χ3v) is 4.30. The lowest BCUT2D eigenvalue weighted by atomic mass is 10.1. The Hall–Kier alpha value is -2.67. The molecule has 0 spiro atoms. The second kappa shape index (κ2) is 4.92. The number of hydrogen-bond acceptors (Lipinski definition) is 4. The number of carbonyl (C=O) groups excluding carboxylic acids is 1. The van der Waals surface area contributed by atoms with Gasteiger partial charge in [-0.3, -0.25) is 9.69 Å². The molecule has 1 saturated heterocycles. The number of amides is 1. The predicted octanol–water partition coefficient (Wildman–Crippen LogP) is 1.22. The molecule has 2 aromatic rings. The topological polar surface area (TPSA) is 71.8 Å². The molecule has 2 atom stereocenters. The van der Waals surface area contributed by atoms with Crippen LogP contribution < -0.4 is 10.3 Å². The SMILES string of the molecule is O=C1O[C@@H](CO)[C@@H]2Cc3cc(-n4ccc(=O)cc4)c(F)cc3N12. The van der Waals surface area contributed by atoms with E-state index < -0.39 is 18.0 Å². The zero-order chi connectivity index (χ0) is 16.1. The van der Waals surface area contributed by atoms with E-state index in [0.29, 0.717) is 17.8 Å². The van der Waals surface area contributed by atoms with Crippen molar-refractivity contribution in [1.29, 1.82) is 0 Å². The lowest BCUT2D eigenvalue weighted by Gasteiger charge is -2.15. The van der Waals surface area contributed by atoms with Gasteiger partial charge in [-0.25, -0.2) is 9.18 Å². The van der Waals surface area contributed by atoms with Gasteiger partial charge >= 0.3 is 6.09 Å². The summed E-state index contributed by atoms with van der Waals surface area (Å²) in [6, 6.07) is 5.35. The number of carbonyl (C=O) groups is 1. The summed E-state index contributed by atoms with van der Waals surface area (Å²) in [5.74, 6) is -0.506. The van der Waals surface area contributed by atoms with Crippen molar-refractivity contribution in [3.05, 3.63) is 58.3 Å². The van der Waals surface area contributed by atoms with Gasteiger partial charge < -0.3 is 14.4 Å². The van der Waals surface area contributed by atoms with Crippen LogP contribution in [0.25, 0.3) is 5.69 Å². The molecule has 3 heterocycles. The molecule has 118 valence electrons. The zero-order valence-electron chi connectivity index (χ0n) is 12.0. The Morgan fingerprint density at radius 2 is 1.96 bits per heavy atom. The first kappa shape index (κ1) is 14.0. The Labute approximate surface area is 130 Å². The molecule has 1 N–H and O–H groups in total. The minimum absolute atomic E-state index is 0.156. The molecule has 0 radical (unpaired) electrons. The van der Waals surface area contributed by atoms with Crippen molar-refractivity contribution < 1.29 is 19.0 Å². The fraction of sp³-hybridized carbons (Fsp3) is 0.250. The maximum absolute atomic E-state index is 14.5. The van der Waals surface area contributed by atoms with Gasteiger partial charge in [0.1, 0.15) is 11.9 Å². The van der Waals surface area contributed by atoms with Crippen LogP contribution in [-0.4, -0.2) is 34.5 Å². The summed E-state index contributed by atoms with van der Waals surface area (Å²) in [6.07, 6.45) is 2.30. The summed E-state index contributed by atoms with van der Waals surface area (Å²) in [5.41, 5.74) is 1.43. The van der Waals surface area contributed by atoms with Gasteiger partial charge in [0.2, 0.25) is 0 Å². The van der Waals surface area contributed by atoms with Crippen LogP contribution in [0.4, 0.5) is 14.9 Å². The van der Waals surface area contributed by atoms with Gasteiger partial charge in [-0.2, -0.15) is 0 Å². The molecule has 1 amide bonds. The molecule has 4 rings (SSSR count). The van der Waals surface area contributed by atoms with Gasteiger partial charge in [0.15, 0.2) is 5.43 Å². The maximum Gasteiger partial charge on any atom is 0.415 e. The zero-order valence-corrected chi connectivity index (χ0v) is 12.0. The first-order valence-corrected chi connectivity index (χ1v) is 7.20. The van der Waals surface area contributed by atoms with Crippen LogP contribution in [0.2, 0.25) is 0 Å². The number of hydrogen-bond donors (Lipinski definition) is 1. The van der Waals surface area contributed by atoms with E-state index in [1.807, 2.05) is 0 Å². The van der Waals surface area contributed by atoms with E-state index in [2.05, 4.69) is 0 Å². The number of fused-ring (bicyclic) bond motifs is 3. The number of pyridine rings is 1. The third-order valence-electron chi connectivity index (χ3n) is 4.30. The Morgan fingerprint density at radius 3 is 2.65 bits per heavy atom. The Balaban J connectivity index is 1.79. The largest absolute Gasteiger partial charge is 0.441 e. The minimum Gasteiger partial charge on any atom is -0.441 e. The molecule has 0 bridgehead atoms. The predicted molar refractivity (Wildman–Crippen MR) is 79.3 cm³/mol. The molecule has 0 aliphatic carbocycles. The van der Waals surface area contributed by atoms with E-state index in [9.17, 15) is 19.1 Å². The fourth-order valence-corrected chi connectivity index (χ4v) is 3.20. The van der Waals surface area contributed by atoms with Crippen LogP contribution in [0, 0.1) is 5.82 Å². The van der Waals surface area contributed by atoms with Gasteiger partial charge in [-0.05, 0) is 18.1 Å². The van der Waals surface area contributed by atoms with Crippen molar-refractivity contribution in [3.63, 3.8) is 0 Å². The first-order valence-electron chi connectivity index (χ1n) is 7.20. The second-order valence-electron chi connectivity index (χ2n) is 5.62. The quantitative estimate of drug-likeness (QED) is 0.904. The molecular formula is C16H13FN2O4. The van der Waals surface area contributed by atoms with Crippen LogP contribution in [0.15, 0.2) is 41.5 Å². The molecule has 2 aliphatic heterocycles. The van der Waals surface area contributed by atoms with E-state index in [4.69, 9.17) is 4.74 Å². The molecule has 23 heavy (non-hydrogen) atoms. The molecule has 2 aliphatic rings. The molecule has 1 aromatic carbocycles. The third kappa shape index (κ3) is 2.04. The summed E-state index contributed by atoms with van der Waals surface area (Å²) >= 11 is 0. The molecular weight excluding hydrogens is 303 g/mol. The lowest BCUT2D eigenvalue weighted by molar-refractivity contribution is 0.0830. The van der Waals surface area contributed by atoms with Crippen molar-refractivity contribution >= 4 is 11.8 Å². The number of aromatic nitrogens is 1. The Bertz CT molecular complexity index is 843. The number of benzene rings is 1. The number of cyclic esters (lactones) is 1. The fourth-order valence-electron chi connectivity index (χ4n) is 3.20. The summed E-state index contributed by atoms with van der Waals surface area (Å²) in [5, 5.41) is 9.31. The number of halogens is 1. The average Bonchev–Trinajstić information content (AvgIpc) is 3.05. The molecule has 1 fully saturated rings. The van der Waals surface area contributed by atoms with Crippen LogP contribution in [0.1, 0.15) is 5.56 Å². The standard InChI is InChI=1S/C16H13FN2O4/c17-11-7-12-9(5-13(11)18-3-1-10(21)2-4-18)6-14-15(8-20)23-16(22)19(12)14/h1-5,7,14-15,20H,6,8H2/t14-,15-/m0/s1. The highest BCUT2D eigenvalue weighted by atomic mass is 19.1. The van der Waals surface area contributed by atoms with E-state index in [1.54, 1.807) is 6.07 Å². The number of rotatable bonds is 2. The number of nitrogens with zero attached hydrogens (tertiary/aromatic N) is 2. The molecule has 7 heteroatoms. The van der Waals surface area contributed by atoms with Gasteiger partial charge in [0.25, 0.3) is 0 Å². The molecule has 0 saturated carbocycles. The average molecular weight is 316 g/mol. The van der Waals surface area contributed by atoms with Gasteiger partial charge in [0.05, 0.1) is 24.0 Å². The summed E-state index contributed by atoms with van der Waals surface area (Å²) in [6.45, 7) is -0.268. The second-order valence-corrected chi connectivity index (χ2v) is 5.62. The summed E-state index contributed by atoms with van der Waals surface area (Å²) < 4.78 is 21.1. The van der Waals surface area contributed by atoms with E-state index in [1.165, 1.54) is 40.1 Å². The van der Waals surface area contributed by atoms with Crippen molar-refractivity contribution in [2.45, 2.75) is 18.6 Å². The van der Waals surface area contributed by atoms with Crippen LogP contribution in [0.3, 0.4) is 0 Å². The van der Waals surface area contributed by atoms with E-state index >= 15 is 0 Å². The number of aliphatic hydroxyl groups excluding tert-OH is 1. The lowest BCUT2D eigenvalue weighted by Crippen LogP contribution is -2.34. The van der Waals surface area contributed by atoms with Crippen molar-refractivity contribution in [1.82, 2.24) is 4.57 Å². The number of ether oxygens (including phenoxy) is 1. The Kier molecular flexibility index (Phi) is 2.99. The smallest absolute Gasteiger partial charge is 0.415 e. The molecule has 0 unspecified atom stereocenters. The van der Waals surface area contributed by atoms with Gasteiger partial charge in [-0.15, -0.1) is 0 Å². The van der Waals surface area contributed by atoms with Crippen LogP contribution >= 0.6 is 0 Å². The maximum atomic E-state index is 14.5. The van der Waals surface area contributed by atoms with E-state index in [-0.39, 0.29) is 18.1 Å². The highest BCUT2D eigenvalue weighted by Crippen LogP contribution is 2.40. The van der Waals surface area contributed by atoms with Crippen LogP contribution in [0.5, 0.6) is 0 Å². The van der Waals surface area contributed by atoms with Gasteiger partial charge in [0, 0.05) is 30.6 Å². The summed E-state index contributed by atoms with van der Waals surface area (Å²) in [7, 11) is 0. The Morgan fingerprint density at radius 1 is 1.22 bits per heavy atom. The number of aliphatic hydroxyl groups is 1. The highest BCUT2D eigenvalue weighted by Gasteiger charge is 2.47. The minimum atomic E-state index is -0.603. The van der Waals surface area contributed by atoms with Gasteiger partial charge in [-0.1, -0.05) is 0 Å². The van der Waals surface area contributed by atoms with Crippen LogP contribution in [-0.2, 0) is 11.2 Å². The summed E-state index contributed by atoms with van der Waals surface area (Å²) in [4.78, 5) is 24.5. The highest BCUT2D eigenvalue weighted by molar-refractivity contribution is 5.94. The molecule has 6 nitrogen and oxygen atoms in total.